The lowest BCUT2D eigenvalue weighted by Crippen LogP contribution is -2.59. The van der Waals surface area contributed by atoms with Gasteiger partial charge in [0, 0.05) is 55.6 Å². The van der Waals surface area contributed by atoms with Crippen molar-refractivity contribution >= 4 is 23.2 Å². The van der Waals surface area contributed by atoms with Crippen LogP contribution in [0.4, 0.5) is 21.7 Å². The van der Waals surface area contributed by atoms with Crippen molar-refractivity contribution in [3.05, 3.63) is 66.2 Å². The molecular weight excluding hydrogens is 605 g/mol. The molecule has 3 aliphatic rings. The number of rotatable bonds is 8. The number of piperidine rings is 1. The number of carbonyl (C=O) groups excluding carboxylic acids is 1. The first-order chi connectivity index (χ1) is 22.9. The van der Waals surface area contributed by atoms with Crippen LogP contribution in [0.1, 0.15) is 29.4 Å². The van der Waals surface area contributed by atoms with Gasteiger partial charge in [-0.3, -0.25) is 14.8 Å². The number of alkyl halides is 1. The molecule has 3 aliphatic heterocycles. The number of ether oxygens (including phenoxy) is 2. The molecule has 242 valence electrons. The number of amides is 1. The van der Waals surface area contributed by atoms with E-state index in [0.717, 1.165) is 38.5 Å². The van der Waals surface area contributed by atoms with Crippen molar-refractivity contribution < 1.29 is 18.7 Å². The topological polar surface area (TPSA) is 161 Å². The Morgan fingerprint density at radius 1 is 1.13 bits per heavy atom. The minimum Gasteiger partial charge on any atom is -0.486 e. The summed E-state index contributed by atoms with van der Waals surface area (Å²) in [6, 6.07) is 16.2. The third-order valence-corrected chi connectivity index (χ3v) is 8.87. The Morgan fingerprint density at radius 2 is 1.98 bits per heavy atom. The molecule has 1 unspecified atom stereocenters. The van der Waals surface area contributed by atoms with E-state index in [0.29, 0.717) is 36.0 Å². The number of carbonyl (C=O) groups is 1. The SMILES string of the molecule is CC1CN(C2COC2)CCN1c1ccc(Nc2ncnc(-c3ccc(O[C@H]4CCN(C(=O)c5cnn[nH]5)C[C@H]4F)c(C#N)c3)n2)cc1. The summed E-state index contributed by atoms with van der Waals surface area (Å²) in [6.45, 7) is 7.09. The zero-order valence-electron chi connectivity index (χ0n) is 25.8. The number of anilines is 3. The number of nitrogens with zero attached hydrogens (tertiary/aromatic N) is 9. The van der Waals surface area contributed by atoms with Crippen molar-refractivity contribution in [2.45, 2.75) is 37.7 Å². The highest BCUT2D eigenvalue weighted by molar-refractivity contribution is 5.92. The maximum atomic E-state index is 15.1. The van der Waals surface area contributed by atoms with Crippen molar-refractivity contribution in [1.82, 2.24) is 40.2 Å². The molecule has 1 amide bonds. The predicted octanol–water partition coefficient (Wildman–Crippen LogP) is 2.81. The first-order valence-electron chi connectivity index (χ1n) is 15.6. The molecule has 7 rings (SSSR count). The number of aromatic nitrogens is 6. The van der Waals surface area contributed by atoms with E-state index in [9.17, 15) is 10.1 Å². The Labute approximate surface area is 270 Å². The zero-order chi connectivity index (χ0) is 32.3. The fourth-order valence-corrected chi connectivity index (χ4v) is 6.19. The normalized spacial score (nSPS) is 21.9. The van der Waals surface area contributed by atoms with Crippen LogP contribution in [-0.4, -0.2) is 116 Å². The van der Waals surface area contributed by atoms with Crippen molar-refractivity contribution in [3.8, 4) is 23.2 Å². The van der Waals surface area contributed by atoms with Gasteiger partial charge >= 0.3 is 0 Å². The van der Waals surface area contributed by atoms with Crippen LogP contribution in [0.2, 0.25) is 0 Å². The fraction of sp³-hybridized carbons (Fsp3) is 0.406. The molecule has 2 N–H and O–H groups in total. The number of hydrogen-bond acceptors (Lipinski definition) is 12. The third kappa shape index (κ3) is 6.56. The summed E-state index contributed by atoms with van der Waals surface area (Å²) in [7, 11) is 0. The zero-order valence-corrected chi connectivity index (χ0v) is 25.8. The predicted molar refractivity (Wildman–Crippen MR) is 169 cm³/mol. The first-order valence-corrected chi connectivity index (χ1v) is 15.6. The molecule has 15 heteroatoms. The summed E-state index contributed by atoms with van der Waals surface area (Å²) < 4.78 is 26.4. The van der Waals surface area contributed by atoms with Gasteiger partial charge in [0.25, 0.3) is 5.91 Å². The number of aromatic amines is 1. The van der Waals surface area contributed by atoms with Crippen LogP contribution >= 0.6 is 0 Å². The second-order valence-corrected chi connectivity index (χ2v) is 11.9. The van der Waals surface area contributed by atoms with Crippen LogP contribution in [-0.2, 0) is 4.74 Å². The van der Waals surface area contributed by atoms with Gasteiger partial charge in [-0.05, 0) is 49.4 Å². The van der Waals surface area contributed by atoms with Gasteiger partial charge in [0.2, 0.25) is 5.95 Å². The standard InChI is InChI=1S/C32H34FN11O3/c1-20-15-42(25-17-46-18-25)10-11-44(20)24-5-3-23(4-6-24)38-32-36-19-35-30(39-32)21-2-7-28(22(12-21)13-34)47-29-8-9-43(16-26(29)33)31(45)27-14-37-41-40-27/h2-7,12,14,19-20,25-26,29H,8-11,15-18H2,1H3,(H,37,40,41)(H,35,36,38,39)/t20?,26-,29+/m1/s1. The van der Waals surface area contributed by atoms with E-state index in [1.54, 1.807) is 18.2 Å². The van der Waals surface area contributed by atoms with Gasteiger partial charge in [0.15, 0.2) is 12.0 Å². The van der Waals surface area contributed by atoms with Gasteiger partial charge in [-0.25, -0.2) is 14.4 Å². The molecule has 0 aliphatic carbocycles. The highest BCUT2D eigenvalue weighted by atomic mass is 19.1. The van der Waals surface area contributed by atoms with Crippen molar-refractivity contribution in [3.63, 3.8) is 0 Å². The Balaban J connectivity index is 0.976. The van der Waals surface area contributed by atoms with Crippen LogP contribution in [0.25, 0.3) is 11.4 Å². The number of H-pyrrole nitrogens is 1. The number of halogens is 1. The van der Waals surface area contributed by atoms with Gasteiger partial charge in [0.1, 0.15) is 29.9 Å². The summed E-state index contributed by atoms with van der Waals surface area (Å²) in [5.41, 5.74) is 3.00. The Kier molecular flexibility index (Phi) is 8.60. The second kappa shape index (κ2) is 13.3. The van der Waals surface area contributed by atoms with Crippen molar-refractivity contribution in [1.29, 1.82) is 5.26 Å². The quantitative estimate of drug-likeness (QED) is 0.291. The number of hydrogen-bond donors (Lipinski definition) is 2. The van der Waals surface area contributed by atoms with Gasteiger partial charge in [0.05, 0.1) is 37.6 Å². The minimum atomic E-state index is -1.44. The highest BCUT2D eigenvalue weighted by Gasteiger charge is 2.35. The van der Waals surface area contributed by atoms with Crippen LogP contribution in [0.3, 0.4) is 0 Å². The van der Waals surface area contributed by atoms with E-state index >= 15 is 4.39 Å². The summed E-state index contributed by atoms with van der Waals surface area (Å²) in [4.78, 5) is 32.0. The van der Waals surface area contributed by atoms with Crippen LogP contribution in [0.5, 0.6) is 5.75 Å². The van der Waals surface area contributed by atoms with Gasteiger partial charge in [-0.1, -0.05) is 5.21 Å². The molecule has 0 spiro atoms. The minimum absolute atomic E-state index is 0.140. The average Bonchev–Trinajstić information content (AvgIpc) is 3.61. The molecule has 0 radical (unpaired) electrons. The maximum absolute atomic E-state index is 15.1. The molecular formula is C32H34FN11O3. The molecule has 14 nitrogen and oxygen atoms in total. The Bertz CT molecular complexity index is 1750. The molecule has 0 bridgehead atoms. The molecule has 3 saturated heterocycles. The summed E-state index contributed by atoms with van der Waals surface area (Å²) in [5.74, 6) is 0.607. The van der Waals surface area contributed by atoms with E-state index in [2.05, 4.69) is 70.6 Å². The number of nitriles is 1. The van der Waals surface area contributed by atoms with E-state index < -0.39 is 12.3 Å². The molecule has 0 saturated carbocycles. The van der Waals surface area contributed by atoms with Crippen molar-refractivity contribution in [2.24, 2.45) is 0 Å². The molecule has 2 aromatic carbocycles. The lowest BCUT2D eigenvalue weighted by atomic mass is 10.0. The largest absolute Gasteiger partial charge is 0.486 e. The van der Waals surface area contributed by atoms with E-state index in [4.69, 9.17) is 9.47 Å². The second-order valence-electron chi connectivity index (χ2n) is 11.9. The summed E-state index contributed by atoms with van der Waals surface area (Å²) in [6.07, 6.45) is 0.716. The molecule has 4 aromatic rings. The van der Waals surface area contributed by atoms with Crippen LogP contribution in [0, 0.1) is 11.3 Å². The van der Waals surface area contributed by atoms with Gasteiger partial charge in [-0.15, -0.1) is 5.10 Å². The molecule has 3 fully saturated rings. The van der Waals surface area contributed by atoms with Gasteiger partial charge in [-0.2, -0.15) is 10.2 Å². The van der Waals surface area contributed by atoms with Crippen molar-refractivity contribution in [2.75, 3.05) is 56.2 Å². The Morgan fingerprint density at radius 3 is 2.68 bits per heavy atom. The monoisotopic (exact) mass is 639 g/mol. The number of piperazine rings is 1. The van der Waals surface area contributed by atoms with Crippen LogP contribution in [0.15, 0.2) is 55.0 Å². The lowest BCUT2D eigenvalue weighted by molar-refractivity contribution is -0.0691. The number of benzene rings is 2. The van der Waals surface area contributed by atoms with E-state index in [1.165, 1.54) is 23.1 Å². The molecule has 2 aromatic heterocycles. The maximum Gasteiger partial charge on any atom is 0.273 e. The van der Waals surface area contributed by atoms with Crippen LogP contribution < -0.4 is 15.0 Å². The van der Waals surface area contributed by atoms with E-state index in [-0.39, 0.29) is 35.9 Å². The van der Waals surface area contributed by atoms with E-state index in [1.807, 2.05) is 12.1 Å². The Hall–Kier alpha value is -5.20. The summed E-state index contributed by atoms with van der Waals surface area (Å²) in [5, 5.41) is 22.8. The molecule has 3 atom stereocenters. The molecule has 5 heterocycles. The first kappa shape index (κ1) is 30.5. The summed E-state index contributed by atoms with van der Waals surface area (Å²) >= 11 is 0. The number of likely N-dealkylation sites (tertiary alicyclic amines) is 1. The average molecular weight is 640 g/mol. The third-order valence-electron chi connectivity index (χ3n) is 8.87. The lowest BCUT2D eigenvalue weighted by Gasteiger charge is -2.46. The fourth-order valence-electron chi connectivity index (χ4n) is 6.19. The molecule has 47 heavy (non-hydrogen) atoms. The number of nitrogens with one attached hydrogen (secondary N) is 2. The highest BCUT2D eigenvalue weighted by Crippen LogP contribution is 2.29. The smallest absolute Gasteiger partial charge is 0.273 e. The van der Waals surface area contributed by atoms with Gasteiger partial charge < -0.3 is 24.6 Å².